The fourth-order valence-electron chi connectivity index (χ4n) is 2.48. The van der Waals surface area contributed by atoms with E-state index in [2.05, 4.69) is 28.7 Å². The summed E-state index contributed by atoms with van der Waals surface area (Å²) in [6.45, 7) is 8.46. The van der Waals surface area contributed by atoms with Crippen LogP contribution in [0.2, 0.25) is 0 Å². The zero-order valence-electron chi connectivity index (χ0n) is 11.2. The second-order valence-electron chi connectivity index (χ2n) is 5.71. The number of hydrogen-bond donors (Lipinski definition) is 1. The van der Waals surface area contributed by atoms with E-state index < -0.39 is 0 Å². The molecule has 2 heterocycles. The highest BCUT2D eigenvalue weighted by Gasteiger charge is 2.28. The standard InChI is InChI=1S/C13H20N4S/c1-9-15-7-10(11(14)18)12(16-9)17-6-4-5-13(2,3)8-17/h7H,4-6,8H2,1-3H3,(H2,14,18). The molecule has 1 fully saturated rings. The second-order valence-corrected chi connectivity index (χ2v) is 6.15. The van der Waals surface area contributed by atoms with E-state index in [1.54, 1.807) is 6.20 Å². The quantitative estimate of drug-likeness (QED) is 0.829. The highest BCUT2D eigenvalue weighted by Crippen LogP contribution is 2.31. The highest BCUT2D eigenvalue weighted by molar-refractivity contribution is 7.80. The van der Waals surface area contributed by atoms with Gasteiger partial charge in [-0.05, 0) is 25.2 Å². The van der Waals surface area contributed by atoms with Gasteiger partial charge >= 0.3 is 0 Å². The molecule has 0 radical (unpaired) electrons. The second kappa shape index (κ2) is 4.80. The van der Waals surface area contributed by atoms with Crippen LogP contribution in [0.1, 0.15) is 38.1 Å². The van der Waals surface area contributed by atoms with Crippen LogP contribution in [0.15, 0.2) is 6.20 Å². The van der Waals surface area contributed by atoms with Crippen LogP contribution in [0.5, 0.6) is 0 Å². The fraction of sp³-hybridized carbons (Fsp3) is 0.615. The van der Waals surface area contributed by atoms with E-state index in [-0.39, 0.29) is 0 Å². The summed E-state index contributed by atoms with van der Waals surface area (Å²) in [5, 5.41) is 0. The van der Waals surface area contributed by atoms with Crippen molar-refractivity contribution in [3.63, 3.8) is 0 Å². The fourth-order valence-corrected chi connectivity index (χ4v) is 2.62. The minimum Gasteiger partial charge on any atom is -0.389 e. The lowest BCUT2D eigenvalue weighted by molar-refractivity contribution is 0.292. The molecule has 2 rings (SSSR count). The lowest BCUT2D eigenvalue weighted by Crippen LogP contribution is -2.41. The van der Waals surface area contributed by atoms with E-state index in [4.69, 9.17) is 18.0 Å². The zero-order valence-corrected chi connectivity index (χ0v) is 12.0. The van der Waals surface area contributed by atoms with Crippen molar-refractivity contribution in [3.05, 3.63) is 17.6 Å². The van der Waals surface area contributed by atoms with Gasteiger partial charge in [0.2, 0.25) is 0 Å². The van der Waals surface area contributed by atoms with Crippen LogP contribution in [0.25, 0.3) is 0 Å². The maximum atomic E-state index is 5.76. The molecule has 2 N–H and O–H groups in total. The molecular weight excluding hydrogens is 244 g/mol. The number of nitrogens with two attached hydrogens (primary N) is 1. The summed E-state index contributed by atoms with van der Waals surface area (Å²) >= 11 is 5.09. The van der Waals surface area contributed by atoms with Crippen molar-refractivity contribution in [1.29, 1.82) is 0 Å². The maximum absolute atomic E-state index is 5.76. The van der Waals surface area contributed by atoms with E-state index in [1.165, 1.54) is 12.8 Å². The normalized spacial score (nSPS) is 18.7. The van der Waals surface area contributed by atoms with Gasteiger partial charge in [-0.15, -0.1) is 0 Å². The Morgan fingerprint density at radius 1 is 1.50 bits per heavy atom. The molecule has 0 atom stereocenters. The number of hydrogen-bond acceptors (Lipinski definition) is 4. The maximum Gasteiger partial charge on any atom is 0.142 e. The molecule has 0 bridgehead atoms. The largest absolute Gasteiger partial charge is 0.389 e. The summed E-state index contributed by atoms with van der Waals surface area (Å²) in [7, 11) is 0. The Morgan fingerprint density at radius 3 is 2.83 bits per heavy atom. The van der Waals surface area contributed by atoms with E-state index in [9.17, 15) is 0 Å². The molecule has 1 aromatic heterocycles. The number of aromatic nitrogens is 2. The van der Waals surface area contributed by atoms with Crippen LogP contribution < -0.4 is 10.6 Å². The molecule has 1 aliphatic heterocycles. The van der Waals surface area contributed by atoms with Crippen LogP contribution in [-0.4, -0.2) is 28.0 Å². The first-order valence-corrected chi connectivity index (χ1v) is 6.68. The summed E-state index contributed by atoms with van der Waals surface area (Å²) in [5.74, 6) is 1.65. The van der Waals surface area contributed by atoms with Crippen LogP contribution in [0, 0.1) is 12.3 Å². The molecule has 18 heavy (non-hydrogen) atoms. The molecule has 0 spiro atoms. The van der Waals surface area contributed by atoms with Gasteiger partial charge in [-0.1, -0.05) is 26.1 Å². The third kappa shape index (κ3) is 2.77. The predicted octanol–water partition coefficient (Wildman–Crippen LogP) is 2.05. The van der Waals surface area contributed by atoms with E-state index >= 15 is 0 Å². The molecule has 0 amide bonds. The topological polar surface area (TPSA) is 55.0 Å². The first-order valence-electron chi connectivity index (χ1n) is 6.27. The molecule has 1 aliphatic rings. The summed E-state index contributed by atoms with van der Waals surface area (Å²) in [4.78, 5) is 11.4. The van der Waals surface area contributed by atoms with E-state index in [1.807, 2.05) is 6.92 Å². The van der Waals surface area contributed by atoms with Crippen LogP contribution in [-0.2, 0) is 0 Å². The van der Waals surface area contributed by atoms with Crippen LogP contribution >= 0.6 is 12.2 Å². The molecular formula is C13H20N4S. The SMILES string of the molecule is Cc1ncc(C(N)=S)c(N2CCCC(C)(C)C2)n1. The van der Waals surface area contributed by atoms with Gasteiger partial charge in [0.25, 0.3) is 0 Å². The molecule has 1 saturated heterocycles. The third-order valence-electron chi connectivity index (χ3n) is 3.35. The minimum absolute atomic E-state index is 0.310. The molecule has 98 valence electrons. The van der Waals surface area contributed by atoms with Crippen molar-refractivity contribution in [2.75, 3.05) is 18.0 Å². The number of anilines is 1. The van der Waals surface area contributed by atoms with Gasteiger partial charge in [-0.3, -0.25) is 0 Å². The van der Waals surface area contributed by atoms with Crippen molar-refractivity contribution in [2.45, 2.75) is 33.6 Å². The molecule has 1 aromatic rings. The van der Waals surface area contributed by atoms with Crippen molar-refractivity contribution in [1.82, 2.24) is 9.97 Å². The Kier molecular flexibility index (Phi) is 3.52. The number of piperidine rings is 1. The van der Waals surface area contributed by atoms with Gasteiger partial charge in [-0.2, -0.15) is 0 Å². The number of aryl methyl sites for hydroxylation is 1. The molecule has 0 aromatic carbocycles. The smallest absolute Gasteiger partial charge is 0.142 e. The van der Waals surface area contributed by atoms with Gasteiger partial charge in [0, 0.05) is 19.3 Å². The third-order valence-corrected chi connectivity index (χ3v) is 3.57. The van der Waals surface area contributed by atoms with Crippen LogP contribution in [0.3, 0.4) is 0 Å². The highest BCUT2D eigenvalue weighted by atomic mass is 32.1. The Morgan fingerprint density at radius 2 is 2.22 bits per heavy atom. The molecule has 4 nitrogen and oxygen atoms in total. The molecule has 0 unspecified atom stereocenters. The van der Waals surface area contributed by atoms with Crippen molar-refractivity contribution in [3.8, 4) is 0 Å². The van der Waals surface area contributed by atoms with Crippen molar-refractivity contribution < 1.29 is 0 Å². The lowest BCUT2D eigenvalue weighted by atomic mass is 9.84. The average molecular weight is 264 g/mol. The predicted molar refractivity (Wildman–Crippen MR) is 77.9 cm³/mol. The summed E-state index contributed by atoms with van der Waals surface area (Å²) in [6.07, 6.45) is 4.16. The average Bonchev–Trinajstić information content (AvgIpc) is 2.27. The molecule has 0 aliphatic carbocycles. The van der Waals surface area contributed by atoms with E-state index in [0.717, 1.165) is 30.3 Å². The first-order chi connectivity index (χ1) is 8.39. The van der Waals surface area contributed by atoms with Gasteiger partial charge in [0.1, 0.15) is 16.6 Å². The first kappa shape index (κ1) is 13.2. The summed E-state index contributed by atoms with van der Waals surface area (Å²) in [5.41, 5.74) is 6.86. The Balaban J connectivity index is 2.37. The Bertz CT molecular complexity index is 470. The zero-order chi connectivity index (χ0) is 13.3. The van der Waals surface area contributed by atoms with Gasteiger partial charge < -0.3 is 10.6 Å². The van der Waals surface area contributed by atoms with Crippen molar-refractivity contribution in [2.24, 2.45) is 11.1 Å². The Labute approximate surface area is 114 Å². The van der Waals surface area contributed by atoms with E-state index in [0.29, 0.717) is 10.4 Å². The summed E-state index contributed by atoms with van der Waals surface area (Å²) in [6, 6.07) is 0. The minimum atomic E-state index is 0.310. The van der Waals surface area contributed by atoms with Gasteiger partial charge in [0.05, 0.1) is 5.56 Å². The Hall–Kier alpha value is -1.23. The van der Waals surface area contributed by atoms with Gasteiger partial charge in [0.15, 0.2) is 0 Å². The molecule has 0 saturated carbocycles. The lowest BCUT2D eigenvalue weighted by Gasteiger charge is -2.39. The number of rotatable bonds is 2. The van der Waals surface area contributed by atoms with Crippen molar-refractivity contribution >= 4 is 23.0 Å². The monoisotopic (exact) mass is 264 g/mol. The summed E-state index contributed by atoms with van der Waals surface area (Å²) < 4.78 is 0. The van der Waals surface area contributed by atoms with Crippen LogP contribution in [0.4, 0.5) is 5.82 Å². The number of thiocarbonyl (C=S) groups is 1. The molecule has 5 heteroatoms. The van der Waals surface area contributed by atoms with Gasteiger partial charge in [-0.25, -0.2) is 9.97 Å². The number of nitrogens with zero attached hydrogens (tertiary/aromatic N) is 3.